The number of hydrogen-bond acceptors (Lipinski definition) is 5. The van der Waals surface area contributed by atoms with E-state index in [0.717, 1.165) is 0 Å². The third-order valence-electron chi connectivity index (χ3n) is 4.13. The van der Waals surface area contributed by atoms with Crippen LogP contribution in [0, 0.1) is 0 Å². The molecule has 0 aliphatic carbocycles. The molecule has 1 aromatic heterocycles. The Morgan fingerprint density at radius 3 is 2.38 bits per heavy atom. The lowest BCUT2D eigenvalue weighted by molar-refractivity contribution is -0.0586. The van der Waals surface area contributed by atoms with Crippen LogP contribution < -0.4 is 4.72 Å². The fraction of sp³-hybridized carbons (Fsp3) is 0.389. The van der Waals surface area contributed by atoms with Crippen LogP contribution in [-0.4, -0.2) is 44.5 Å². The molecule has 1 aromatic carbocycles. The fourth-order valence-corrected chi connectivity index (χ4v) is 3.96. The van der Waals surface area contributed by atoms with Crippen molar-refractivity contribution in [1.82, 2.24) is 9.62 Å². The normalized spacial score (nSPS) is 20.9. The topological polar surface area (TPSA) is 88.9 Å². The van der Waals surface area contributed by atoms with Crippen molar-refractivity contribution in [2.45, 2.75) is 37.5 Å². The van der Waals surface area contributed by atoms with Gasteiger partial charge in [-0.25, -0.2) is 13.1 Å². The van der Waals surface area contributed by atoms with Crippen molar-refractivity contribution in [2.75, 3.05) is 13.1 Å². The summed E-state index contributed by atoms with van der Waals surface area (Å²) in [5.74, 6) is 0.399. The SMILES string of the molecule is C[C@@H]1CN(C(=O)c2ccc(S(=O)(=O)NCc3ccco3)cc2)C[C@@H](C)O1. The van der Waals surface area contributed by atoms with Gasteiger partial charge in [0.15, 0.2) is 0 Å². The van der Waals surface area contributed by atoms with Crippen molar-refractivity contribution >= 4 is 15.9 Å². The van der Waals surface area contributed by atoms with Gasteiger partial charge in [0.1, 0.15) is 5.76 Å². The molecule has 0 spiro atoms. The number of morpholine rings is 1. The van der Waals surface area contributed by atoms with E-state index in [1.165, 1.54) is 30.5 Å². The summed E-state index contributed by atoms with van der Waals surface area (Å²) in [5.41, 5.74) is 0.455. The monoisotopic (exact) mass is 378 g/mol. The Bertz CT molecular complexity index is 836. The van der Waals surface area contributed by atoms with Crippen LogP contribution in [0.5, 0.6) is 0 Å². The Morgan fingerprint density at radius 2 is 1.81 bits per heavy atom. The molecule has 0 saturated carbocycles. The van der Waals surface area contributed by atoms with E-state index in [2.05, 4.69) is 4.72 Å². The highest BCUT2D eigenvalue weighted by Crippen LogP contribution is 2.17. The Balaban J connectivity index is 1.68. The minimum Gasteiger partial charge on any atom is -0.468 e. The quantitative estimate of drug-likeness (QED) is 0.860. The molecule has 0 unspecified atom stereocenters. The Morgan fingerprint density at radius 1 is 1.15 bits per heavy atom. The summed E-state index contributed by atoms with van der Waals surface area (Å²) in [6, 6.07) is 9.32. The number of rotatable bonds is 5. The van der Waals surface area contributed by atoms with Gasteiger partial charge in [-0.05, 0) is 50.2 Å². The van der Waals surface area contributed by atoms with Crippen LogP contribution in [0.1, 0.15) is 30.0 Å². The van der Waals surface area contributed by atoms with Crippen molar-refractivity contribution in [3.63, 3.8) is 0 Å². The summed E-state index contributed by atoms with van der Waals surface area (Å²) in [6.07, 6.45) is 1.44. The van der Waals surface area contributed by atoms with Gasteiger partial charge in [-0.2, -0.15) is 0 Å². The molecule has 0 radical (unpaired) electrons. The third kappa shape index (κ3) is 4.32. The molecule has 1 aliphatic heterocycles. The van der Waals surface area contributed by atoms with E-state index in [9.17, 15) is 13.2 Å². The summed E-state index contributed by atoms with van der Waals surface area (Å²) in [4.78, 5) is 14.5. The van der Waals surface area contributed by atoms with Crippen molar-refractivity contribution in [2.24, 2.45) is 0 Å². The van der Waals surface area contributed by atoms with Crippen LogP contribution in [0.3, 0.4) is 0 Å². The first kappa shape index (κ1) is 18.6. The fourth-order valence-electron chi connectivity index (χ4n) is 2.97. The third-order valence-corrected chi connectivity index (χ3v) is 5.55. The first-order valence-electron chi connectivity index (χ1n) is 8.42. The zero-order valence-electron chi connectivity index (χ0n) is 14.7. The molecule has 2 atom stereocenters. The van der Waals surface area contributed by atoms with E-state index in [0.29, 0.717) is 24.4 Å². The zero-order valence-corrected chi connectivity index (χ0v) is 15.5. The maximum absolute atomic E-state index is 12.6. The molecule has 26 heavy (non-hydrogen) atoms. The molecule has 140 valence electrons. The molecular formula is C18H22N2O5S. The molecule has 2 aromatic rings. The number of nitrogens with zero attached hydrogens (tertiary/aromatic N) is 1. The number of furan rings is 1. The lowest BCUT2D eigenvalue weighted by atomic mass is 10.1. The molecule has 1 amide bonds. The second kappa shape index (κ2) is 7.61. The Kier molecular flexibility index (Phi) is 5.45. The lowest BCUT2D eigenvalue weighted by Crippen LogP contribution is -2.48. The number of sulfonamides is 1. The van der Waals surface area contributed by atoms with Gasteiger partial charge in [0.05, 0.1) is 29.9 Å². The highest BCUT2D eigenvalue weighted by Gasteiger charge is 2.26. The summed E-state index contributed by atoms with van der Waals surface area (Å²) in [7, 11) is -3.68. The standard InChI is InChI=1S/C18H22N2O5S/c1-13-11-20(12-14(2)25-13)18(21)15-5-7-17(8-6-15)26(22,23)19-10-16-4-3-9-24-16/h3-9,13-14,19H,10-12H2,1-2H3/t13-,14-/m1/s1. The highest BCUT2D eigenvalue weighted by atomic mass is 32.2. The molecule has 1 aliphatic rings. The van der Waals surface area contributed by atoms with E-state index in [4.69, 9.17) is 9.15 Å². The van der Waals surface area contributed by atoms with Gasteiger partial charge in [-0.3, -0.25) is 4.79 Å². The van der Waals surface area contributed by atoms with Crippen molar-refractivity contribution < 1.29 is 22.4 Å². The van der Waals surface area contributed by atoms with Gasteiger partial charge in [0.2, 0.25) is 10.0 Å². The van der Waals surface area contributed by atoms with Gasteiger partial charge in [-0.1, -0.05) is 0 Å². The van der Waals surface area contributed by atoms with E-state index in [1.807, 2.05) is 13.8 Å². The van der Waals surface area contributed by atoms with Crippen LogP contribution in [0.4, 0.5) is 0 Å². The number of ether oxygens (including phenoxy) is 1. The lowest BCUT2D eigenvalue weighted by Gasteiger charge is -2.35. The van der Waals surface area contributed by atoms with Gasteiger partial charge in [0.25, 0.3) is 5.91 Å². The molecule has 7 nitrogen and oxygen atoms in total. The average Bonchev–Trinajstić information content (AvgIpc) is 3.12. The summed E-state index contributed by atoms with van der Waals surface area (Å²) >= 11 is 0. The summed E-state index contributed by atoms with van der Waals surface area (Å²) in [6.45, 7) is 4.97. The minimum atomic E-state index is -3.68. The molecular weight excluding hydrogens is 356 g/mol. The minimum absolute atomic E-state index is 0.0202. The molecule has 8 heteroatoms. The van der Waals surface area contributed by atoms with Crippen LogP contribution >= 0.6 is 0 Å². The van der Waals surface area contributed by atoms with E-state index < -0.39 is 10.0 Å². The Labute approximate surface area is 153 Å². The number of hydrogen-bond donors (Lipinski definition) is 1. The van der Waals surface area contributed by atoms with Crippen LogP contribution in [0.25, 0.3) is 0 Å². The van der Waals surface area contributed by atoms with Crippen LogP contribution in [-0.2, 0) is 21.3 Å². The largest absolute Gasteiger partial charge is 0.468 e. The smallest absolute Gasteiger partial charge is 0.254 e. The van der Waals surface area contributed by atoms with Gasteiger partial charge < -0.3 is 14.1 Å². The summed E-state index contributed by atoms with van der Waals surface area (Å²) in [5, 5.41) is 0. The van der Waals surface area contributed by atoms with E-state index in [-0.39, 0.29) is 29.6 Å². The highest BCUT2D eigenvalue weighted by molar-refractivity contribution is 7.89. The van der Waals surface area contributed by atoms with Gasteiger partial charge in [-0.15, -0.1) is 0 Å². The van der Waals surface area contributed by atoms with E-state index >= 15 is 0 Å². The second-order valence-corrected chi connectivity index (χ2v) is 8.16. The number of amides is 1. The molecule has 1 fully saturated rings. The van der Waals surface area contributed by atoms with Crippen molar-refractivity contribution in [3.05, 3.63) is 54.0 Å². The van der Waals surface area contributed by atoms with Crippen molar-refractivity contribution in [1.29, 1.82) is 0 Å². The van der Waals surface area contributed by atoms with Crippen molar-refractivity contribution in [3.8, 4) is 0 Å². The Hall–Kier alpha value is -2.16. The van der Waals surface area contributed by atoms with Gasteiger partial charge in [0, 0.05) is 18.7 Å². The number of benzene rings is 1. The number of carbonyl (C=O) groups is 1. The molecule has 2 heterocycles. The number of carbonyl (C=O) groups excluding carboxylic acids is 1. The zero-order chi connectivity index (χ0) is 18.7. The predicted octanol–water partition coefficient (Wildman–Crippen LogP) is 2.01. The molecule has 1 saturated heterocycles. The first-order valence-corrected chi connectivity index (χ1v) is 9.90. The number of nitrogens with one attached hydrogen (secondary N) is 1. The van der Waals surface area contributed by atoms with Gasteiger partial charge >= 0.3 is 0 Å². The maximum atomic E-state index is 12.6. The van der Waals surface area contributed by atoms with E-state index in [1.54, 1.807) is 17.0 Å². The second-order valence-electron chi connectivity index (χ2n) is 6.40. The predicted molar refractivity (Wildman–Crippen MR) is 95.1 cm³/mol. The maximum Gasteiger partial charge on any atom is 0.254 e. The molecule has 1 N–H and O–H groups in total. The average molecular weight is 378 g/mol. The molecule has 3 rings (SSSR count). The van der Waals surface area contributed by atoms with Crippen LogP contribution in [0.2, 0.25) is 0 Å². The van der Waals surface area contributed by atoms with Crippen LogP contribution in [0.15, 0.2) is 52.0 Å². The molecule has 0 bridgehead atoms. The first-order chi connectivity index (χ1) is 12.3. The summed E-state index contributed by atoms with van der Waals surface area (Å²) < 4.78 is 37.9.